The minimum Gasteiger partial charge on any atom is -0.483 e. The zero-order valence-electron chi connectivity index (χ0n) is 14.9. The number of rotatable bonds is 10. The lowest BCUT2D eigenvalue weighted by Crippen LogP contribution is -2.21. The summed E-state index contributed by atoms with van der Waals surface area (Å²) in [5.74, 6) is 0.823. The number of amides is 1. The van der Waals surface area contributed by atoms with Crippen LogP contribution in [0.4, 0.5) is 0 Å². The first-order valence-electron chi connectivity index (χ1n) is 8.50. The lowest BCUT2D eigenvalue weighted by atomic mass is 10.2. The second-order valence-electron chi connectivity index (χ2n) is 5.74. The van der Waals surface area contributed by atoms with Crippen molar-refractivity contribution < 1.29 is 9.53 Å². The van der Waals surface area contributed by atoms with Gasteiger partial charge in [-0.25, -0.2) is 0 Å². The van der Waals surface area contributed by atoms with E-state index in [1.54, 1.807) is 34.6 Å². The van der Waals surface area contributed by atoms with Crippen LogP contribution in [0.25, 0.3) is 5.69 Å². The second-order valence-corrected chi connectivity index (χ2v) is 7.24. The lowest BCUT2D eigenvalue weighted by molar-refractivity contribution is -0.119. The van der Waals surface area contributed by atoms with Crippen molar-refractivity contribution in [3.8, 4) is 11.4 Å². The molecule has 0 fully saturated rings. The molecule has 0 saturated carbocycles. The molecule has 0 aliphatic heterocycles. The Morgan fingerprint density at radius 2 is 2.07 bits per heavy atom. The van der Waals surface area contributed by atoms with Crippen molar-refractivity contribution in [3.63, 3.8) is 0 Å². The molecule has 146 valence electrons. The molecule has 0 unspecified atom stereocenters. The van der Waals surface area contributed by atoms with E-state index < -0.39 is 5.91 Å². The van der Waals surface area contributed by atoms with E-state index in [0.717, 1.165) is 22.2 Å². The van der Waals surface area contributed by atoms with Crippen LogP contribution < -0.4 is 15.8 Å². The third kappa shape index (κ3) is 5.69. The predicted octanol–water partition coefficient (Wildman–Crippen LogP) is 2.06. The van der Waals surface area contributed by atoms with Gasteiger partial charge in [-0.15, -0.1) is 5.10 Å². The Hall–Kier alpha value is -2.62. The van der Waals surface area contributed by atoms with Crippen molar-refractivity contribution in [2.45, 2.75) is 11.7 Å². The number of thioether (sulfide) groups is 1. The highest BCUT2D eigenvalue weighted by Crippen LogP contribution is 2.23. The molecule has 0 atom stereocenters. The van der Waals surface area contributed by atoms with E-state index in [-0.39, 0.29) is 6.61 Å². The van der Waals surface area contributed by atoms with Gasteiger partial charge in [-0.1, -0.05) is 41.6 Å². The summed E-state index contributed by atoms with van der Waals surface area (Å²) in [6.45, 7) is 1.08. The lowest BCUT2D eigenvalue weighted by Gasteiger charge is -2.12. The van der Waals surface area contributed by atoms with Gasteiger partial charge in [-0.3, -0.25) is 4.79 Å². The number of halogens is 1. The van der Waals surface area contributed by atoms with Crippen molar-refractivity contribution >= 4 is 29.3 Å². The number of hydrogen-bond donors (Lipinski definition) is 2. The first-order chi connectivity index (χ1) is 13.6. The highest BCUT2D eigenvalue weighted by atomic mass is 35.5. The molecular weight excluding hydrogens is 400 g/mol. The van der Waals surface area contributed by atoms with Crippen LogP contribution >= 0.6 is 23.4 Å². The number of carbonyl (C=O) groups excluding carboxylic acids is 1. The maximum absolute atomic E-state index is 10.9. The molecule has 2 aromatic carbocycles. The molecule has 1 amide bonds. The molecule has 0 aliphatic carbocycles. The summed E-state index contributed by atoms with van der Waals surface area (Å²) in [5, 5.41) is 16.5. The summed E-state index contributed by atoms with van der Waals surface area (Å²) >= 11 is 7.61. The Labute approximate surface area is 171 Å². The number of carbonyl (C=O) groups is 1. The first-order valence-corrected chi connectivity index (χ1v) is 9.86. The molecule has 8 nitrogen and oxygen atoms in total. The van der Waals surface area contributed by atoms with Gasteiger partial charge in [-0.05, 0) is 40.8 Å². The van der Waals surface area contributed by atoms with Gasteiger partial charge in [0, 0.05) is 29.4 Å². The average molecular weight is 419 g/mol. The van der Waals surface area contributed by atoms with E-state index in [1.807, 2.05) is 30.3 Å². The number of nitrogens with two attached hydrogens (primary N) is 1. The largest absolute Gasteiger partial charge is 0.483 e. The fraction of sp³-hybridized carbons (Fsp3) is 0.222. The topological polar surface area (TPSA) is 108 Å². The molecule has 0 spiro atoms. The van der Waals surface area contributed by atoms with Crippen LogP contribution in [0.5, 0.6) is 5.75 Å². The number of benzene rings is 2. The zero-order valence-corrected chi connectivity index (χ0v) is 16.5. The van der Waals surface area contributed by atoms with Gasteiger partial charge in [0.1, 0.15) is 5.75 Å². The molecule has 28 heavy (non-hydrogen) atoms. The number of hydrogen-bond acceptors (Lipinski definition) is 7. The maximum Gasteiger partial charge on any atom is 0.255 e. The summed E-state index contributed by atoms with van der Waals surface area (Å²) in [6.07, 6.45) is 0. The SMILES string of the molecule is NC(=O)COc1ccc(Cl)cc1CNCCSc1nnnn1-c1ccccc1. The summed E-state index contributed by atoms with van der Waals surface area (Å²) < 4.78 is 7.13. The van der Waals surface area contributed by atoms with Crippen LogP contribution in [0.3, 0.4) is 0 Å². The number of primary amides is 1. The van der Waals surface area contributed by atoms with E-state index in [0.29, 0.717) is 23.9 Å². The molecular formula is C18H19ClN6O2S. The molecule has 3 N–H and O–H groups in total. The van der Waals surface area contributed by atoms with Crippen LogP contribution in [0.2, 0.25) is 5.02 Å². The molecule has 0 bridgehead atoms. The maximum atomic E-state index is 10.9. The molecule has 3 rings (SSSR count). The van der Waals surface area contributed by atoms with E-state index >= 15 is 0 Å². The standard InChI is InChI=1S/C18H19ClN6O2S/c19-14-6-7-16(27-12-17(20)26)13(10-14)11-21-8-9-28-18-22-23-24-25(18)15-4-2-1-3-5-15/h1-7,10,21H,8-9,11-12H2,(H2,20,26). The number of ether oxygens (including phenoxy) is 1. The fourth-order valence-corrected chi connectivity index (χ4v) is 3.40. The summed E-state index contributed by atoms with van der Waals surface area (Å²) in [7, 11) is 0. The molecule has 10 heteroatoms. The van der Waals surface area contributed by atoms with Gasteiger partial charge < -0.3 is 15.8 Å². The molecule has 0 aliphatic rings. The highest BCUT2D eigenvalue weighted by Gasteiger charge is 2.09. The Balaban J connectivity index is 1.50. The van der Waals surface area contributed by atoms with E-state index in [2.05, 4.69) is 20.8 Å². The summed E-state index contributed by atoms with van der Waals surface area (Å²) in [6, 6.07) is 15.0. The smallest absolute Gasteiger partial charge is 0.255 e. The van der Waals surface area contributed by atoms with Crippen molar-refractivity contribution in [1.29, 1.82) is 0 Å². The van der Waals surface area contributed by atoms with E-state index in [4.69, 9.17) is 22.1 Å². The van der Waals surface area contributed by atoms with Gasteiger partial charge in [0.25, 0.3) is 5.91 Å². The predicted molar refractivity (Wildman–Crippen MR) is 108 cm³/mol. The van der Waals surface area contributed by atoms with Crippen molar-refractivity contribution in [2.24, 2.45) is 5.73 Å². The Morgan fingerprint density at radius 3 is 2.86 bits per heavy atom. The van der Waals surface area contributed by atoms with Crippen LogP contribution in [0, 0.1) is 0 Å². The minimum absolute atomic E-state index is 0.174. The van der Waals surface area contributed by atoms with E-state index in [9.17, 15) is 4.79 Å². The van der Waals surface area contributed by atoms with Crippen molar-refractivity contribution in [1.82, 2.24) is 25.5 Å². The number of nitrogens with one attached hydrogen (secondary N) is 1. The van der Waals surface area contributed by atoms with Crippen LogP contribution in [-0.4, -0.2) is 45.0 Å². The quantitative estimate of drug-likeness (QED) is 0.383. The number of para-hydroxylation sites is 1. The average Bonchev–Trinajstić information content (AvgIpc) is 3.16. The molecule has 3 aromatic rings. The van der Waals surface area contributed by atoms with Gasteiger partial charge in [0.15, 0.2) is 6.61 Å². The number of nitrogens with zero attached hydrogens (tertiary/aromatic N) is 4. The summed E-state index contributed by atoms with van der Waals surface area (Å²) in [4.78, 5) is 10.9. The van der Waals surface area contributed by atoms with Gasteiger partial charge >= 0.3 is 0 Å². The molecule has 1 aromatic heterocycles. The van der Waals surface area contributed by atoms with Crippen LogP contribution in [-0.2, 0) is 11.3 Å². The van der Waals surface area contributed by atoms with Crippen LogP contribution in [0.1, 0.15) is 5.56 Å². The summed E-state index contributed by atoms with van der Waals surface area (Å²) in [5.41, 5.74) is 6.90. The Kier molecular flexibility index (Phi) is 7.24. The molecule has 0 radical (unpaired) electrons. The zero-order chi connectivity index (χ0) is 19.8. The third-order valence-corrected chi connectivity index (χ3v) is 4.82. The van der Waals surface area contributed by atoms with Gasteiger partial charge in [0.05, 0.1) is 5.69 Å². The van der Waals surface area contributed by atoms with Gasteiger partial charge in [0.2, 0.25) is 5.16 Å². The number of aromatic nitrogens is 4. The minimum atomic E-state index is -0.526. The van der Waals surface area contributed by atoms with Crippen LogP contribution in [0.15, 0.2) is 53.7 Å². The fourth-order valence-electron chi connectivity index (χ4n) is 2.41. The molecule has 0 saturated heterocycles. The van der Waals surface area contributed by atoms with Gasteiger partial charge in [-0.2, -0.15) is 4.68 Å². The van der Waals surface area contributed by atoms with E-state index in [1.165, 1.54) is 0 Å². The monoisotopic (exact) mass is 418 g/mol. The van der Waals surface area contributed by atoms with Crippen molar-refractivity contribution in [3.05, 3.63) is 59.1 Å². The second kappa shape index (κ2) is 10.1. The molecule has 1 heterocycles. The highest BCUT2D eigenvalue weighted by molar-refractivity contribution is 7.99. The third-order valence-electron chi connectivity index (χ3n) is 3.66. The normalized spacial score (nSPS) is 10.8. The number of tetrazole rings is 1. The van der Waals surface area contributed by atoms with Crippen molar-refractivity contribution in [2.75, 3.05) is 18.9 Å². The Bertz CT molecular complexity index is 921. The first kappa shape index (κ1) is 20.1. The Morgan fingerprint density at radius 1 is 1.25 bits per heavy atom.